The standard InChI is InChI=1S/C23H24N6O3/c1-12-9-16(14(3)26-18-8-7-13(2)25-19(18)23(31)32)21-28-20(27-15-5-4-6-15)17(10-24)22(30)29(21)11-12/h7-9,11,14-15,26-27H,4-6H2,1-3H3,(H,31,32). The summed E-state index contributed by atoms with van der Waals surface area (Å²) in [5.41, 5.74) is 2.40. The van der Waals surface area contributed by atoms with E-state index in [1.165, 1.54) is 4.40 Å². The van der Waals surface area contributed by atoms with Crippen LogP contribution in [0.15, 0.2) is 29.2 Å². The Hall–Kier alpha value is -3.93. The molecule has 1 aliphatic carbocycles. The molecule has 0 bridgehead atoms. The summed E-state index contributed by atoms with van der Waals surface area (Å²) in [5, 5.41) is 25.6. The van der Waals surface area contributed by atoms with Gasteiger partial charge < -0.3 is 15.7 Å². The van der Waals surface area contributed by atoms with Crippen LogP contribution in [0.1, 0.15) is 65.1 Å². The van der Waals surface area contributed by atoms with E-state index >= 15 is 0 Å². The van der Waals surface area contributed by atoms with E-state index in [-0.39, 0.29) is 23.3 Å². The van der Waals surface area contributed by atoms with Crippen LogP contribution in [0, 0.1) is 25.2 Å². The van der Waals surface area contributed by atoms with E-state index in [1.54, 1.807) is 25.3 Å². The van der Waals surface area contributed by atoms with Crippen molar-refractivity contribution in [1.29, 1.82) is 5.26 Å². The van der Waals surface area contributed by atoms with Crippen LogP contribution in [0.3, 0.4) is 0 Å². The predicted molar refractivity (Wildman–Crippen MR) is 120 cm³/mol. The maximum atomic E-state index is 13.1. The van der Waals surface area contributed by atoms with Crippen molar-refractivity contribution in [2.75, 3.05) is 10.6 Å². The topological polar surface area (TPSA) is 132 Å². The lowest BCUT2D eigenvalue weighted by atomic mass is 9.93. The Morgan fingerprint density at radius 3 is 2.69 bits per heavy atom. The predicted octanol–water partition coefficient (Wildman–Crippen LogP) is 3.41. The van der Waals surface area contributed by atoms with E-state index < -0.39 is 11.5 Å². The summed E-state index contributed by atoms with van der Waals surface area (Å²) in [6.45, 7) is 5.45. The molecule has 0 aliphatic heterocycles. The van der Waals surface area contributed by atoms with E-state index in [0.29, 0.717) is 28.4 Å². The van der Waals surface area contributed by atoms with E-state index in [1.807, 2.05) is 26.0 Å². The SMILES string of the molecule is Cc1cc(C(C)Nc2ccc(C)nc2C(=O)O)c2nc(NC3CCC3)c(C#N)c(=O)n2c1. The number of aromatic nitrogens is 3. The van der Waals surface area contributed by atoms with Gasteiger partial charge in [-0.15, -0.1) is 0 Å². The highest BCUT2D eigenvalue weighted by Gasteiger charge is 2.23. The first-order chi connectivity index (χ1) is 15.3. The second kappa shape index (κ2) is 8.30. The van der Waals surface area contributed by atoms with Crippen LogP contribution in [0.25, 0.3) is 5.65 Å². The van der Waals surface area contributed by atoms with Gasteiger partial charge in [0.25, 0.3) is 5.56 Å². The van der Waals surface area contributed by atoms with Crippen molar-refractivity contribution in [3.63, 3.8) is 0 Å². The van der Waals surface area contributed by atoms with Crippen LogP contribution < -0.4 is 16.2 Å². The highest BCUT2D eigenvalue weighted by molar-refractivity contribution is 5.92. The number of aromatic carboxylic acids is 1. The molecule has 1 unspecified atom stereocenters. The number of carbonyl (C=O) groups is 1. The number of nitrogens with one attached hydrogen (secondary N) is 2. The quantitative estimate of drug-likeness (QED) is 0.540. The lowest BCUT2D eigenvalue weighted by Crippen LogP contribution is -2.31. The van der Waals surface area contributed by atoms with Crippen molar-refractivity contribution in [3.05, 3.63) is 62.8 Å². The molecular formula is C23H24N6O3. The molecule has 1 fully saturated rings. The summed E-state index contributed by atoms with van der Waals surface area (Å²) in [7, 11) is 0. The minimum atomic E-state index is -1.13. The number of carboxylic acid groups (broad SMARTS) is 1. The molecule has 4 rings (SSSR count). The Kier molecular flexibility index (Phi) is 5.53. The smallest absolute Gasteiger partial charge is 0.356 e. The maximum Gasteiger partial charge on any atom is 0.356 e. The summed E-state index contributed by atoms with van der Waals surface area (Å²) in [6, 6.07) is 7.13. The van der Waals surface area contributed by atoms with E-state index in [0.717, 1.165) is 24.8 Å². The zero-order chi connectivity index (χ0) is 23.0. The molecule has 3 aromatic heterocycles. The zero-order valence-corrected chi connectivity index (χ0v) is 18.1. The third kappa shape index (κ3) is 3.87. The van der Waals surface area contributed by atoms with Gasteiger partial charge in [0.05, 0.1) is 11.7 Å². The summed E-state index contributed by atoms with van der Waals surface area (Å²) in [5.74, 6) is -0.833. The molecule has 3 heterocycles. The normalized spacial score (nSPS) is 14.4. The number of hydrogen-bond acceptors (Lipinski definition) is 7. The summed E-state index contributed by atoms with van der Waals surface area (Å²) < 4.78 is 1.39. The molecule has 0 radical (unpaired) electrons. The number of anilines is 2. The molecule has 1 saturated carbocycles. The van der Waals surface area contributed by atoms with Crippen LogP contribution >= 0.6 is 0 Å². The van der Waals surface area contributed by atoms with Gasteiger partial charge >= 0.3 is 5.97 Å². The Balaban J connectivity index is 1.82. The van der Waals surface area contributed by atoms with Gasteiger partial charge in [0, 0.05) is 23.5 Å². The van der Waals surface area contributed by atoms with Crippen molar-refractivity contribution in [2.45, 2.75) is 52.1 Å². The molecule has 1 aliphatic rings. The first-order valence-corrected chi connectivity index (χ1v) is 10.5. The average molecular weight is 432 g/mol. The molecule has 0 spiro atoms. The largest absolute Gasteiger partial charge is 0.476 e. The zero-order valence-electron chi connectivity index (χ0n) is 18.1. The fraction of sp³-hybridized carbons (Fsp3) is 0.348. The maximum absolute atomic E-state index is 13.1. The molecule has 0 saturated heterocycles. The van der Waals surface area contributed by atoms with Crippen LogP contribution in [-0.2, 0) is 0 Å². The molecule has 3 aromatic rings. The van der Waals surface area contributed by atoms with Gasteiger partial charge in [0.15, 0.2) is 17.1 Å². The molecule has 9 nitrogen and oxygen atoms in total. The monoisotopic (exact) mass is 432 g/mol. The number of hydrogen-bond donors (Lipinski definition) is 3. The van der Waals surface area contributed by atoms with E-state index in [2.05, 4.69) is 20.6 Å². The number of nitrogens with zero attached hydrogens (tertiary/aromatic N) is 4. The van der Waals surface area contributed by atoms with Crippen molar-refractivity contribution in [1.82, 2.24) is 14.4 Å². The van der Waals surface area contributed by atoms with Crippen molar-refractivity contribution in [3.8, 4) is 6.07 Å². The number of pyridine rings is 2. The van der Waals surface area contributed by atoms with E-state index in [9.17, 15) is 20.0 Å². The van der Waals surface area contributed by atoms with Gasteiger partial charge in [0.2, 0.25) is 0 Å². The van der Waals surface area contributed by atoms with Gasteiger partial charge in [-0.3, -0.25) is 9.20 Å². The number of fused-ring (bicyclic) bond motifs is 1. The Labute approximate surface area is 184 Å². The minimum Gasteiger partial charge on any atom is -0.476 e. The highest BCUT2D eigenvalue weighted by atomic mass is 16.4. The first-order valence-electron chi connectivity index (χ1n) is 10.5. The molecule has 0 aromatic carbocycles. The van der Waals surface area contributed by atoms with E-state index in [4.69, 9.17) is 0 Å². The van der Waals surface area contributed by atoms with Crippen LogP contribution in [0.4, 0.5) is 11.5 Å². The molecule has 0 amide bonds. The lowest BCUT2D eigenvalue weighted by molar-refractivity contribution is 0.0691. The Morgan fingerprint density at radius 2 is 2.06 bits per heavy atom. The number of rotatable bonds is 6. The fourth-order valence-corrected chi connectivity index (χ4v) is 3.82. The summed E-state index contributed by atoms with van der Waals surface area (Å²) in [6.07, 6.45) is 4.71. The van der Waals surface area contributed by atoms with Crippen LogP contribution in [0.5, 0.6) is 0 Å². The fourth-order valence-electron chi connectivity index (χ4n) is 3.82. The number of nitriles is 1. The van der Waals surface area contributed by atoms with Gasteiger partial charge in [-0.2, -0.15) is 5.26 Å². The average Bonchev–Trinajstić information content (AvgIpc) is 2.72. The second-order valence-corrected chi connectivity index (χ2v) is 8.21. The molecule has 9 heteroatoms. The van der Waals surface area contributed by atoms with Gasteiger partial charge in [-0.1, -0.05) is 0 Å². The minimum absolute atomic E-state index is 0.0116. The number of aryl methyl sites for hydroxylation is 2. The third-order valence-corrected chi connectivity index (χ3v) is 5.72. The highest BCUT2D eigenvalue weighted by Crippen LogP contribution is 2.28. The van der Waals surface area contributed by atoms with Gasteiger partial charge in [-0.05, 0) is 63.8 Å². The molecular weight excluding hydrogens is 408 g/mol. The van der Waals surface area contributed by atoms with Crippen molar-refractivity contribution >= 4 is 23.1 Å². The van der Waals surface area contributed by atoms with Crippen molar-refractivity contribution in [2.24, 2.45) is 0 Å². The number of carboxylic acids is 1. The van der Waals surface area contributed by atoms with Crippen LogP contribution in [0.2, 0.25) is 0 Å². The lowest BCUT2D eigenvalue weighted by Gasteiger charge is -2.27. The van der Waals surface area contributed by atoms with Crippen molar-refractivity contribution < 1.29 is 9.90 Å². The summed E-state index contributed by atoms with van der Waals surface area (Å²) >= 11 is 0. The third-order valence-electron chi connectivity index (χ3n) is 5.72. The Morgan fingerprint density at radius 1 is 1.31 bits per heavy atom. The first kappa shape index (κ1) is 21.3. The van der Waals surface area contributed by atoms with Gasteiger partial charge in [0.1, 0.15) is 11.7 Å². The molecule has 164 valence electrons. The molecule has 3 N–H and O–H groups in total. The molecule has 32 heavy (non-hydrogen) atoms. The van der Waals surface area contributed by atoms with Crippen LogP contribution in [-0.4, -0.2) is 31.5 Å². The molecule has 1 atom stereocenters. The Bertz CT molecular complexity index is 1320. The van der Waals surface area contributed by atoms with Gasteiger partial charge in [-0.25, -0.2) is 14.8 Å². The second-order valence-electron chi connectivity index (χ2n) is 8.21. The summed E-state index contributed by atoms with van der Waals surface area (Å²) in [4.78, 5) is 33.5.